The van der Waals surface area contributed by atoms with Crippen molar-refractivity contribution in [3.05, 3.63) is 71.4 Å². The fourth-order valence-electron chi connectivity index (χ4n) is 2.33. The molecule has 19 heavy (non-hydrogen) atoms. The van der Waals surface area contributed by atoms with Gasteiger partial charge in [0.2, 0.25) is 0 Å². The molecule has 96 valence electrons. The summed E-state index contributed by atoms with van der Waals surface area (Å²) in [6, 6.07) is 17.1. The highest BCUT2D eigenvalue weighted by molar-refractivity contribution is 5.82. The third-order valence-corrected chi connectivity index (χ3v) is 3.44. The summed E-state index contributed by atoms with van der Waals surface area (Å²) in [5.74, 6) is 0. The monoisotopic (exact) mass is 250 g/mol. The van der Waals surface area contributed by atoms with Gasteiger partial charge in [-0.1, -0.05) is 48.0 Å². The van der Waals surface area contributed by atoms with Crippen molar-refractivity contribution in [3.63, 3.8) is 0 Å². The first-order valence-corrected chi connectivity index (χ1v) is 6.64. The molecule has 0 aliphatic rings. The molecule has 0 spiro atoms. The van der Waals surface area contributed by atoms with Crippen molar-refractivity contribution in [2.75, 3.05) is 0 Å². The molecule has 0 bridgehead atoms. The second kappa shape index (κ2) is 5.29. The van der Waals surface area contributed by atoms with E-state index in [1.165, 1.54) is 27.6 Å². The molecule has 2 N–H and O–H groups in total. The Kier molecular flexibility index (Phi) is 3.34. The van der Waals surface area contributed by atoms with Crippen molar-refractivity contribution >= 4 is 10.9 Å². The number of fused-ring (bicyclic) bond motifs is 1. The van der Waals surface area contributed by atoms with Crippen LogP contribution in [0.2, 0.25) is 0 Å². The zero-order valence-electron chi connectivity index (χ0n) is 11.1. The number of rotatable bonds is 4. The van der Waals surface area contributed by atoms with Crippen molar-refractivity contribution < 1.29 is 0 Å². The number of H-pyrrole nitrogens is 1. The van der Waals surface area contributed by atoms with Crippen LogP contribution in [-0.4, -0.2) is 4.98 Å². The van der Waals surface area contributed by atoms with Crippen LogP contribution in [0.4, 0.5) is 0 Å². The van der Waals surface area contributed by atoms with Gasteiger partial charge in [0.15, 0.2) is 0 Å². The van der Waals surface area contributed by atoms with Crippen LogP contribution in [0.5, 0.6) is 0 Å². The van der Waals surface area contributed by atoms with Crippen LogP contribution >= 0.6 is 0 Å². The quantitative estimate of drug-likeness (QED) is 0.725. The summed E-state index contributed by atoms with van der Waals surface area (Å²) in [5, 5.41) is 4.80. The molecule has 1 heterocycles. The summed E-state index contributed by atoms with van der Waals surface area (Å²) in [4.78, 5) is 3.30. The van der Waals surface area contributed by atoms with Crippen LogP contribution in [0.25, 0.3) is 10.9 Å². The molecule has 0 radical (unpaired) electrons. The number of aromatic nitrogens is 1. The molecule has 0 unspecified atom stereocenters. The molecule has 0 amide bonds. The molecule has 0 aliphatic carbocycles. The molecule has 2 nitrogen and oxygen atoms in total. The SMILES string of the molecule is Cc1ccc(CNCc2c[nH]c3ccccc23)cc1. The molecule has 0 saturated heterocycles. The summed E-state index contributed by atoms with van der Waals surface area (Å²) >= 11 is 0. The van der Waals surface area contributed by atoms with Gasteiger partial charge in [-0.15, -0.1) is 0 Å². The number of aryl methyl sites for hydroxylation is 1. The van der Waals surface area contributed by atoms with Gasteiger partial charge in [-0.05, 0) is 24.1 Å². The highest BCUT2D eigenvalue weighted by atomic mass is 14.9. The second-order valence-electron chi connectivity index (χ2n) is 4.95. The first-order valence-electron chi connectivity index (χ1n) is 6.64. The Labute approximate surface area is 113 Å². The van der Waals surface area contributed by atoms with Crippen LogP contribution in [0.3, 0.4) is 0 Å². The fourth-order valence-corrected chi connectivity index (χ4v) is 2.33. The van der Waals surface area contributed by atoms with Gasteiger partial charge in [-0.2, -0.15) is 0 Å². The van der Waals surface area contributed by atoms with Crippen molar-refractivity contribution in [1.29, 1.82) is 0 Å². The van der Waals surface area contributed by atoms with Crippen LogP contribution in [0.15, 0.2) is 54.7 Å². The van der Waals surface area contributed by atoms with Crippen LogP contribution in [-0.2, 0) is 13.1 Å². The average molecular weight is 250 g/mol. The molecule has 0 saturated carbocycles. The van der Waals surface area contributed by atoms with E-state index in [0.29, 0.717) is 0 Å². The first-order chi connectivity index (χ1) is 9.33. The summed E-state index contributed by atoms with van der Waals surface area (Å²) in [6.45, 7) is 3.90. The minimum Gasteiger partial charge on any atom is -0.361 e. The lowest BCUT2D eigenvalue weighted by Crippen LogP contribution is -2.12. The van der Waals surface area contributed by atoms with Gasteiger partial charge in [0.05, 0.1) is 0 Å². The number of nitrogens with one attached hydrogen (secondary N) is 2. The Morgan fingerprint density at radius 1 is 0.947 bits per heavy atom. The summed E-state index contributed by atoms with van der Waals surface area (Å²) in [5.41, 5.74) is 5.16. The maximum Gasteiger partial charge on any atom is 0.0457 e. The largest absolute Gasteiger partial charge is 0.361 e. The normalized spacial score (nSPS) is 11.0. The zero-order valence-corrected chi connectivity index (χ0v) is 11.1. The Bertz CT molecular complexity index is 665. The highest BCUT2D eigenvalue weighted by Gasteiger charge is 2.01. The van der Waals surface area contributed by atoms with Gasteiger partial charge >= 0.3 is 0 Å². The fraction of sp³-hybridized carbons (Fsp3) is 0.176. The molecule has 0 atom stereocenters. The van der Waals surface area contributed by atoms with E-state index in [4.69, 9.17) is 0 Å². The van der Waals surface area contributed by atoms with Crippen molar-refractivity contribution in [1.82, 2.24) is 10.3 Å². The number of para-hydroxylation sites is 1. The average Bonchev–Trinajstić information content (AvgIpc) is 2.85. The van der Waals surface area contributed by atoms with Gasteiger partial charge in [0, 0.05) is 30.2 Å². The molecule has 0 fully saturated rings. The molecule has 3 rings (SSSR count). The van der Waals surface area contributed by atoms with E-state index in [1.54, 1.807) is 0 Å². The van der Waals surface area contributed by atoms with E-state index in [1.807, 2.05) is 0 Å². The molecular weight excluding hydrogens is 232 g/mol. The molecule has 3 aromatic rings. The maximum absolute atomic E-state index is 3.50. The number of hydrogen-bond acceptors (Lipinski definition) is 1. The second-order valence-corrected chi connectivity index (χ2v) is 4.95. The van der Waals surface area contributed by atoms with Gasteiger partial charge in [-0.25, -0.2) is 0 Å². The standard InChI is InChI=1S/C17H18N2/c1-13-6-8-14(9-7-13)10-18-11-15-12-19-17-5-3-2-4-16(15)17/h2-9,12,18-19H,10-11H2,1H3. The Balaban J connectivity index is 1.65. The minimum atomic E-state index is 0.887. The molecule has 1 aromatic heterocycles. The number of aromatic amines is 1. The Hall–Kier alpha value is -2.06. The van der Waals surface area contributed by atoms with Crippen molar-refractivity contribution in [3.8, 4) is 0 Å². The first kappa shape index (κ1) is 12.0. The van der Waals surface area contributed by atoms with Gasteiger partial charge in [0.1, 0.15) is 0 Å². The van der Waals surface area contributed by atoms with Gasteiger partial charge in [0.25, 0.3) is 0 Å². The minimum absolute atomic E-state index is 0.887. The highest BCUT2D eigenvalue weighted by Crippen LogP contribution is 2.17. The van der Waals surface area contributed by atoms with E-state index < -0.39 is 0 Å². The van der Waals surface area contributed by atoms with Crippen molar-refractivity contribution in [2.24, 2.45) is 0 Å². The van der Waals surface area contributed by atoms with Crippen molar-refractivity contribution in [2.45, 2.75) is 20.0 Å². The Morgan fingerprint density at radius 3 is 2.58 bits per heavy atom. The Morgan fingerprint density at radius 2 is 1.74 bits per heavy atom. The molecule has 2 heteroatoms. The lowest BCUT2D eigenvalue weighted by Gasteiger charge is -2.04. The zero-order chi connectivity index (χ0) is 13.1. The van der Waals surface area contributed by atoms with Gasteiger partial charge in [-0.3, -0.25) is 0 Å². The van der Waals surface area contributed by atoms with E-state index in [-0.39, 0.29) is 0 Å². The predicted octanol–water partition coefficient (Wildman–Crippen LogP) is 3.77. The number of benzene rings is 2. The van der Waals surface area contributed by atoms with E-state index >= 15 is 0 Å². The molecule has 0 aliphatic heterocycles. The lowest BCUT2D eigenvalue weighted by atomic mass is 10.1. The summed E-state index contributed by atoms with van der Waals surface area (Å²) in [7, 11) is 0. The van der Waals surface area contributed by atoms with E-state index in [2.05, 4.69) is 72.0 Å². The maximum atomic E-state index is 3.50. The van der Waals surface area contributed by atoms with Gasteiger partial charge < -0.3 is 10.3 Å². The summed E-state index contributed by atoms with van der Waals surface area (Å²) in [6.07, 6.45) is 2.09. The smallest absolute Gasteiger partial charge is 0.0457 e. The predicted molar refractivity (Wildman–Crippen MR) is 80.0 cm³/mol. The lowest BCUT2D eigenvalue weighted by molar-refractivity contribution is 0.696. The third kappa shape index (κ3) is 2.69. The van der Waals surface area contributed by atoms with Crippen LogP contribution in [0.1, 0.15) is 16.7 Å². The van der Waals surface area contributed by atoms with E-state index in [0.717, 1.165) is 13.1 Å². The summed E-state index contributed by atoms with van der Waals surface area (Å²) < 4.78 is 0. The molecular formula is C17H18N2. The van der Waals surface area contributed by atoms with E-state index in [9.17, 15) is 0 Å². The van der Waals surface area contributed by atoms with Crippen LogP contribution in [0, 0.1) is 6.92 Å². The molecule has 2 aromatic carbocycles. The topological polar surface area (TPSA) is 27.8 Å². The number of hydrogen-bond donors (Lipinski definition) is 2. The van der Waals surface area contributed by atoms with Crippen LogP contribution < -0.4 is 5.32 Å². The third-order valence-electron chi connectivity index (χ3n) is 3.44.